The van der Waals surface area contributed by atoms with Crippen molar-refractivity contribution in [1.29, 1.82) is 0 Å². The average molecular weight is 365 g/mol. The van der Waals surface area contributed by atoms with Crippen LogP contribution in [0.15, 0.2) is 42.5 Å². The fourth-order valence-electron chi connectivity index (χ4n) is 3.22. The molecule has 3 aromatic rings. The van der Waals surface area contributed by atoms with E-state index in [-0.39, 0.29) is 30.1 Å². The van der Waals surface area contributed by atoms with Crippen LogP contribution in [0.3, 0.4) is 0 Å². The Balaban J connectivity index is 1.54. The van der Waals surface area contributed by atoms with Crippen LogP contribution in [-0.2, 0) is 11.2 Å². The molecule has 0 spiro atoms. The Kier molecular flexibility index (Phi) is 4.39. The molecule has 138 valence electrons. The quantitative estimate of drug-likeness (QED) is 0.645. The number of para-hydroxylation sites is 1. The second-order valence-corrected chi connectivity index (χ2v) is 6.94. The summed E-state index contributed by atoms with van der Waals surface area (Å²) < 4.78 is 13.6. The van der Waals surface area contributed by atoms with Crippen LogP contribution < -0.4 is 10.6 Å². The number of hydrogen-bond donors (Lipinski definition) is 3. The molecular weight excluding hydrogens is 345 g/mol. The van der Waals surface area contributed by atoms with Gasteiger partial charge in [0.1, 0.15) is 5.82 Å². The zero-order valence-corrected chi connectivity index (χ0v) is 14.9. The van der Waals surface area contributed by atoms with Gasteiger partial charge in [-0.1, -0.05) is 12.1 Å². The summed E-state index contributed by atoms with van der Waals surface area (Å²) in [6.07, 6.45) is 2.08. The minimum absolute atomic E-state index is 0.0911. The number of carbonyl (C=O) groups excluding carboxylic acids is 2. The lowest BCUT2D eigenvalue weighted by molar-refractivity contribution is -0.115. The highest BCUT2D eigenvalue weighted by molar-refractivity contribution is 6.05. The summed E-state index contributed by atoms with van der Waals surface area (Å²) in [7, 11) is 0. The van der Waals surface area contributed by atoms with E-state index in [9.17, 15) is 14.0 Å². The molecule has 0 unspecified atom stereocenters. The summed E-state index contributed by atoms with van der Waals surface area (Å²) in [5.41, 5.74) is 3.29. The van der Waals surface area contributed by atoms with Crippen LogP contribution in [-0.4, -0.2) is 22.8 Å². The third-order valence-corrected chi connectivity index (χ3v) is 4.78. The first-order valence-electron chi connectivity index (χ1n) is 8.97. The number of benzene rings is 2. The van der Waals surface area contributed by atoms with E-state index in [1.807, 2.05) is 6.92 Å². The van der Waals surface area contributed by atoms with Gasteiger partial charge in [-0.15, -0.1) is 0 Å². The summed E-state index contributed by atoms with van der Waals surface area (Å²) >= 11 is 0. The highest BCUT2D eigenvalue weighted by Gasteiger charge is 2.25. The smallest absolute Gasteiger partial charge is 0.253 e. The summed E-state index contributed by atoms with van der Waals surface area (Å²) in [4.78, 5) is 28.2. The van der Waals surface area contributed by atoms with Gasteiger partial charge in [-0.3, -0.25) is 9.59 Å². The van der Waals surface area contributed by atoms with E-state index in [4.69, 9.17) is 0 Å². The molecule has 1 heterocycles. The number of amides is 2. The van der Waals surface area contributed by atoms with E-state index < -0.39 is 0 Å². The van der Waals surface area contributed by atoms with Gasteiger partial charge in [0.25, 0.3) is 5.91 Å². The Labute approximate surface area is 156 Å². The van der Waals surface area contributed by atoms with E-state index in [0.29, 0.717) is 16.6 Å². The molecule has 1 aliphatic rings. The average Bonchev–Trinajstić information content (AvgIpc) is 3.40. The molecular formula is C21H20FN3O2. The lowest BCUT2D eigenvalue weighted by Gasteiger charge is -2.11. The normalized spacial score (nSPS) is 13.6. The molecule has 5 nitrogen and oxygen atoms in total. The van der Waals surface area contributed by atoms with Crippen molar-refractivity contribution in [1.82, 2.24) is 10.3 Å². The minimum Gasteiger partial charge on any atom is -0.358 e. The maximum absolute atomic E-state index is 13.6. The number of fused-ring (bicyclic) bond motifs is 1. The minimum atomic E-state index is -0.342. The molecule has 3 N–H and O–H groups in total. The first-order valence-corrected chi connectivity index (χ1v) is 8.97. The molecule has 0 radical (unpaired) electrons. The predicted octanol–water partition coefficient (Wildman–Crippen LogP) is 3.69. The third-order valence-electron chi connectivity index (χ3n) is 4.78. The van der Waals surface area contributed by atoms with Gasteiger partial charge in [0.2, 0.25) is 5.91 Å². The van der Waals surface area contributed by atoms with Crippen LogP contribution in [0.25, 0.3) is 10.9 Å². The molecule has 0 bridgehead atoms. The maximum Gasteiger partial charge on any atom is 0.253 e. The molecule has 0 atom stereocenters. The molecule has 2 amide bonds. The van der Waals surface area contributed by atoms with Crippen molar-refractivity contribution in [3.05, 3.63) is 65.1 Å². The SMILES string of the molecule is Cc1[nH]c2ccc(F)cc2c1CC(=O)Nc1ccccc1C(=O)NC1CC1. The zero-order valence-electron chi connectivity index (χ0n) is 14.9. The fraction of sp³-hybridized carbons (Fsp3) is 0.238. The standard InChI is InChI=1S/C21H20FN3O2/c1-12-16(17-10-13(22)6-9-19(17)23-12)11-20(26)25-18-5-3-2-4-15(18)21(27)24-14-7-8-14/h2-6,9-10,14,23H,7-8,11H2,1H3,(H,24,27)(H,25,26). The van der Waals surface area contributed by atoms with Gasteiger partial charge in [0, 0.05) is 22.6 Å². The van der Waals surface area contributed by atoms with Crippen LogP contribution in [0.1, 0.15) is 34.5 Å². The van der Waals surface area contributed by atoms with Gasteiger partial charge in [-0.2, -0.15) is 0 Å². The summed E-state index contributed by atoms with van der Waals surface area (Å²) in [5, 5.41) is 6.45. The molecule has 1 aromatic heterocycles. The van der Waals surface area contributed by atoms with Crippen LogP contribution in [0, 0.1) is 12.7 Å². The third kappa shape index (κ3) is 3.69. The van der Waals surface area contributed by atoms with Crippen LogP contribution >= 0.6 is 0 Å². The monoisotopic (exact) mass is 365 g/mol. The van der Waals surface area contributed by atoms with E-state index in [2.05, 4.69) is 15.6 Å². The maximum atomic E-state index is 13.6. The summed E-state index contributed by atoms with van der Waals surface area (Å²) in [5.74, 6) is -0.779. The summed E-state index contributed by atoms with van der Waals surface area (Å²) in [6.45, 7) is 1.86. The van der Waals surface area contributed by atoms with Crippen molar-refractivity contribution in [2.75, 3.05) is 5.32 Å². The van der Waals surface area contributed by atoms with Gasteiger partial charge in [0.15, 0.2) is 0 Å². The Morgan fingerprint density at radius 1 is 1.19 bits per heavy atom. The fourth-order valence-corrected chi connectivity index (χ4v) is 3.22. The lowest BCUT2D eigenvalue weighted by Crippen LogP contribution is -2.27. The Bertz CT molecular complexity index is 1040. The number of carbonyl (C=O) groups is 2. The number of aromatic nitrogens is 1. The van der Waals surface area contributed by atoms with Gasteiger partial charge >= 0.3 is 0 Å². The van der Waals surface area contributed by atoms with Gasteiger partial charge in [-0.05, 0) is 55.7 Å². The van der Waals surface area contributed by atoms with E-state index >= 15 is 0 Å². The van der Waals surface area contributed by atoms with Gasteiger partial charge in [-0.25, -0.2) is 4.39 Å². The van der Waals surface area contributed by atoms with Crippen molar-refractivity contribution in [2.24, 2.45) is 0 Å². The first kappa shape index (κ1) is 17.3. The number of aryl methyl sites for hydroxylation is 1. The van der Waals surface area contributed by atoms with Crippen molar-refractivity contribution >= 4 is 28.4 Å². The van der Waals surface area contributed by atoms with Crippen molar-refractivity contribution < 1.29 is 14.0 Å². The number of H-pyrrole nitrogens is 1. The number of nitrogens with one attached hydrogen (secondary N) is 3. The number of rotatable bonds is 5. The van der Waals surface area contributed by atoms with E-state index in [1.54, 1.807) is 30.3 Å². The van der Waals surface area contributed by atoms with Gasteiger partial charge in [0.05, 0.1) is 17.7 Å². The van der Waals surface area contributed by atoms with Crippen molar-refractivity contribution in [2.45, 2.75) is 32.2 Å². The highest BCUT2D eigenvalue weighted by atomic mass is 19.1. The van der Waals surface area contributed by atoms with E-state index in [1.165, 1.54) is 12.1 Å². The number of hydrogen-bond acceptors (Lipinski definition) is 2. The van der Waals surface area contributed by atoms with Crippen molar-refractivity contribution in [3.8, 4) is 0 Å². The second-order valence-electron chi connectivity index (χ2n) is 6.94. The largest absolute Gasteiger partial charge is 0.358 e. The Morgan fingerprint density at radius 2 is 1.96 bits per heavy atom. The molecule has 0 aliphatic heterocycles. The van der Waals surface area contributed by atoms with Crippen molar-refractivity contribution in [3.63, 3.8) is 0 Å². The lowest BCUT2D eigenvalue weighted by atomic mass is 10.1. The number of halogens is 1. The predicted molar refractivity (Wildman–Crippen MR) is 102 cm³/mol. The molecule has 1 aliphatic carbocycles. The Hall–Kier alpha value is -3.15. The number of anilines is 1. The van der Waals surface area contributed by atoms with E-state index in [0.717, 1.165) is 29.6 Å². The zero-order chi connectivity index (χ0) is 19.0. The molecule has 4 rings (SSSR count). The molecule has 6 heteroatoms. The molecule has 1 saturated carbocycles. The molecule has 0 saturated heterocycles. The summed E-state index contributed by atoms with van der Waals surface area (Å²) in [6, 6.07) is 11.7. The first-order chi connectivity index (χ1) is 13.0. The number of aromatic amines is 1. The van der Waals surface area contributed by atoms with Crippen LogP contribution in [0.4, 0.5) is 10.1 Å². The molecule has 27 heavy (non-hydrogen) atoms. The van der Waals surface area contributed by atoms with Crippen LogP contribution in [0.2, 0.25) is 0 Å². The van der Waals surface area contributed by atoms with Gasteiger partial charge < -0.3 is 15.6 Å². The van der Waals surface area contributed by atoms with Crippen LogP contribution in [0.5, 0.6) is 0 Å². The second kappa shape index (κ2) is 6.87. The molecule has 2 aromatic carbocycles. The molecule has 1 fully saturated rings. The Morgan fingerprint density at radius 3 is 2.74 bits per heavy atom. The highest BCUT2D eigenvalue weighted by Crippen LogP contribution is 2.25. The topological polar surface area (TPSA) is 74.0 Å².